The monoisotopic (exact) mass is 492 g/mol. The van der Waals surface area contributed by atoms with Gasteiger partial charge in [-0.3, -0.25) is 14.5 Å². The van der Waals surface area contributed by atoms with E-state index in [4.69, 9.17) is 11.6 Å². The molecule has 34 heavy (non-hydrogen) atoms. The Hall–Kier alpha value is -3.55. The number of Topliss-reactive ketones (excluding diaryl/α,β-unsaturated/α-hetero) is 1. The minimum atomic E-state index is -1.18. The van der Waals surface area contributed by atoms with Crippen molar-refractivity contribution in [1.29, 1.82) is 0 Å². The molecule has 1 saturated heterocycles. The number of hydrogen-bond donors (Lipinski definition) is 1. The molecule has 8 heteroatoms. The topological polar surface area (TPSA) is 70.5 Å². The SMILES string of the molecule is CCc1ccc2nc(N3C(=O)C(=O)/C(=C(/O)c4ccc(Cl)cc4)[C@@H]3c3ccccc3F)sc2c1. The number of nitrogens with zero attached hydrogens (tertiary/aromatic N) is 2. The molecule has 0 unspecified atom stereocenters. The first kappa shape index (κ1) is 22.3. The predicted octanol–water partition coefficient (Wildman–Crippen LogP) is 6.28. The summed E-state index contributed by atoms with van der Waals surface area (Å²) in [5.41, 5.74) is 1.96. The number of rotatable bonds is 4. The van der Waals surface area contributed by atoms with Gasteiger partial charge in [-0.15, -0.1) is 0 Å². The molecular formula is C26H18ClFN2O3S. The summed E-state index contributed by atoms with van der Waals surface area (Å²) in [4.78, 5) is 32.2. The van der Waals surface area contributed by atoms with E-state index in [9.17, 15) is 19.1 Å². The first-order chi connectivity index (χ1) is 16.4. The molecule has 0 saturated carbocycles. The summed E-state index contributed by atoms with van der Waals surface area (Å²) in [7, 11) is 0. The molecule has 0 spiro atoms. The Kier molecular flexibility index (Phi) is 5.67. The van der Waals surface area contributed by atoms with Crippen LogP contribution in [0.5, 0.6) is 0 Å². The Morgan fingerprint density at radius 1 is 1.12 bits per heavy atom. The standard InChI is InChI=1S/C26H18ClFN2O3S/c1-2-14-7-12-19-20(13-14)34-26(29-19)30-22(17-5-3-4-6-18(17)28)21(24(32)25(30)33)23(31)15-8-10-16(27)11-9-15/h3-13,22,31H,2H2,1H3/b23-21+/t22-/m0/s1. The quantitative estimate of drug-likeness (QED) is 0.207. The molecule has 1 aliphatic rings. The van der Waals surface area contributed by atoms with Crippen molar-refractivity contribution in [3.8, 4) is 0 Å². The summed E-state index contributed by atoms with van der Waals surface area (Å²) in [6.45, 7) is 2.04. The lowest BCUT2D eigenvalue weighted by molar-refractivity contribution is -0.132. The van der Waals surface area contributed by atoms with Gasteiger partial charge >= 0.3 is 5.91 Å². The molecule has 0 bridgehead atoms. The third kappa shape index (κ3) is 3.67. The first-order valence-corrected chi connectivity index (χ1v) is 11.8. The molecule has 1 aliphatic heterocycles. The van der Waals surface area contributed by atoms with Crippen molar-refractivity contribution in [3.63, 3.8) is 0 Å². The molecule has 5 nitrogen and oxygen atoms in total. The number of ketones is 1. The highest BCUT2D eigenvalue weighted by Gasteiger charge is 2.49. The smallest absolute Gasteiger partial charge is 0.301 e. The van der Waals surface area contributed by atoms with Crippen LogP contribution in [0, 0.1) is 5.82 Å². The van der Waals surface area contributed by atoms with Crippen molar-refractivity contribution in [2.75, 3.05) is 4.90 Å². The van der Waals surface area contributed by atoms with E-state index in [1.807, 2.05) is 25.1 Å². The van der Waals surface area contributed by atoms with E-state index >= 15 is 0 Å². The number of anilines is 1. The number of aryl methyl sites for hydroxylation is 1. The van der Waals surface area contributed by atoms with Crippen molar-refractivity contribution in [3.05, 3.63) is 99.8 Å². The fourth-order valence-corrected chi connectivity index (χ4v) is 5.25. The van der Waals surface area contributed by atoms with Gasteiger partial charge in [0.15, 0.2) is 5.13 Å². The largest absolute Gasteiger partial charge is 0.507 e. The zero-order valence-electron chi connectivity index (χ0n) is 18.0. The van der Waals surface area contributed by atoms with Crippen molar-refractivity contribution in [2.24, 2.45) is 0 Å². The lowest BCUT2D eigenvalue weighted by atomic mass is 9.95. The third-order valence-corrected chi connectivity index (χ3v) is 7.09. The molecule has 170 valence electrons. The molecule has 3 aromatic carbocycles. The van der Waals surface area contributed by atoms with Crippen LogP contribution in [0.15, 0.2) is 72.3 Å². The normalized spacial score (nSPS) is 17.6. The summed E-state index contributed by atoms with van der Waals surface area (Å²) < 4.78 is 15.8. The summed E-state index contributed by atoms with van der Waals surface area (Å²) in [5.74, 6) is -2.79. The van der Waals surface area contributed by atoms with Crippen LogP contribution in [-0.2, 0) is 16.0 Å². The Bertz CT molecular complexity index is 1480. The first-order valence-electron chi connectivity index (χ1n) is 10.6. The molecule has 1 amide bonds. The minimum absolute atomic E-state index is 0.0886. The van der Waals surface area contributed by atoms with E-state index < -0.39 is 29.3 Å². The van der Waals surface area contributed by atoms with Gasteiger partial charge in [-0.05, 0) is 54.4 Å². The molecule has 2 heterocycles. The molecule has 0 radical (unpaired) electrons. The van der Waals surface area contributed by atoms with Crippen LogP contribution in [0.2, 0.25) is 5.02 Å². The Morgan fingerprint density at radius 3 is 2.56 bits per heavy atom. The maximum Gasteiger partial charge on any atom is 0.301 e. The number of aliphatic hydroxyl groups excluding tert-OH is 1. The number of amides is 1. The van der Waals surface area contributed by atoms with E-state index in [1.54, 1.807) is 18.2 Å². The van der Waals surface area contributed by atoms with Gasteiger partial charge in [-0.1, -0.05) is 54.1 Å². The lowest BCUT2D eigenvalue weighted by Gasteiger charge is -2.23. The van der Waals surface area contributed by atoms with Gasteiger partial charge in [0.2, 0.25) is 0 Å². The number of benzene rings is 3. The van der Waals surface area contributed by atoms with E-state index in [0.717, 1.165) is 16.7 Å². The zero-order chi connectivity index (χ0) is 24.0. The number of hydrogen-bond acceptors (Lipinski definition) is 5. The van der Waals surface area contributed by atoms with Crippen molar-refractivity contribution in [2.45, 2.75) is 19.4 Å². The zero-order valence-corrected chi connectivity index (χ0v) is 19.5. The van der Waals surface area contributed by atoms with Gasteiger partial charge in [-0.25, -0.2) is 9.37 Å². The van der Waals surface area contributed by atoms with Crippen LogP contribution >= 0.6 is 22.9 Å². The predicted molar refractivity (Wildman–Crippen MR) is 132 cm³/mol. The molecular weight excluding hydrogens is 475 g/mol. The van der Waals surface area contributed by atoms with Gasteiger partial charge in [0, 0.05) is 16.1 Å². The van der Waals surface area contributed by atoms with E-state index in [-0.39, 0.29) is 16.3 Å². The van der Waals surface area contributed by atoms with Gasteiger partial charge in [0.25, 0.3) is 5.78 Å². The molecule has 1 fully saturated rings. The molecule has 1 N–H and O–H groups in total. The number of carbonyl (C=O) groups is 2. The van der Waals surface area contributed by atoms with Crippen molar-refractivity contribution < 1.29 is 19.1 Å². The Morgan fingerprint density at radius 2 is 1.85 bits per heavy atom. The number of thiazole rings is 1. The Labute approximate surface area is 203 Å². The highest BCUT2D eigenvalue weighted by Crippen LogP contribution is 2.45. The third-order valence-electron chi connectivity index (χ3n) is 5.82. The summed E-state index contributed by atoms with van der Waals surface area (Å²) in [6.07, 6.45) is 0.837. The number of carbonyl (C=O) groups excluding carboxylic acids is 2. The molecule has 1 atom stereocenters. The molecule has 0 aliphatic carbocycles. The maximum absolute atomic E-state index is 15.0. The number of fused-ring (bicyclic) bond motifs is 1. The Balaban J connectivity index is 1.73. The van der Waals surface area contributed by atoms with Gasteiger partial charge in [0.1, 0.15) is 17.6 Å². The highest BCUT2D eigenvalue weighted by molar-refractivity contribution is 7.22. The average Bonchev–Trinajstić information content (AvgIpc) is 3.37. The number of aromatic nitrogens is 1. The minimum Gasteiger partial charge on any atom is -0.507 e. The second-order valence-corrected chi connectivity index (χ2v) is 9.30. The summed E-state index contributed by atoms with van der Waals surface area (Å²) in [5, 5.41) is 11.8. The van der Waals surface area contributed by atoms with E-state index in [1.165, 1.54) is 46.6 Å². The summed E-state index contributed by atoms with van der Waals surface area (Å²) >= 11 is 7.20. The van der Waals surface area contributed by atoms with Crippen LogP contribution in [0.3, 0.4) is 0 Å². The fraction of sp³-hybridized carbons (Fsp3) is 0.115. The van der Waals surface area contributed by atoms with Gasteiger partial charge in [0.05, 0.1) is 15.8 Å². The maximum atomic E-state index is 15.0. The van der Waals surface area contributed by atoms with Crippen LogP contribution in [0.4, 0.5) is 9.52 Å². The van der Waals surface area contributed by atoms with Crippen LogP contribution < -0.4 is 4.90 Å². The average molecular weight is 493 g/mol. The van der Waals surface area contributed by atoms with E-state index in [2.05, 4.69) is 4.98 Å². The lowest BCUT2D eigenvalue weighted by Crippen LogP contribution is -2.29. The van der Waals surface area contributed by atoms with Crippen LogP contribution in [-0.4, -0.2) is 21.8 Å². The summed E-state index contributed by atoms with van der Waals surface area (Å²) in [6, 6.07) is 16.7. The second kappa shape index (κ2) is 8.66. The van der Waals surface area contributed by atoms with E-state index in [0.29, 0.717) is 16.1 Å². The van der Waals surface area contributed by atoms with Crippen molar-refractivity contribution in [1.82, 2.24) is 4.98 Å². The van der Waals surface area contributed by atoms with Gasteiger partial charge in [-0.2, -0.15) is 0 Å². The molecule has 4 aromatic rings. The molecule has 5 rings (SSSR count). The van der Waals surface area contributed by atoms with Crippen LogP contribution in [0.1, 0.15) is 29.7 Å². The molecule has 1 aromatic heterocycles. The highest BCUT2D eigenvalue weighted by atomic mass is 35.5. The fourth-order valence-electron chi connectivity index (χ4n) is 4.06. The van der Waals surface area contributed by atoms with Crippen molar-refractivity contribution >= 4 is 55.7 Å². The van der Waals surface area contributed by atoms with Crippen LogP contribution in [0.25, 0.3) is 16.0 Å². The number of aliphatic hydroxyl groups is 1. The van der Waals surface area contributed by atoms with Gasteiger partial charge < -0.3 is 5.11 Å². The second-order valence-electron chi connectivity index (χ2n) is 7.85. The number of halogens is 2.